The summed E-state index contributed by atoms with van der Waals surface area (Å²) in [4.78, 5) is 11.9. The fraction of sp³-hybridized carbons (Fsp3) is 0.278. The van der Waals surface area contributed by atoms with Gasteiger partial charge >= 0.3 is 0 Å². The molecule has 1 aliphatic rings. The van der Waals surface area contributed by atoms with Gasteiger partial charge in [0.2, 0.25) is 5.91 Å². The number of amides is 1. The molecule has 3 heteroatoms. The second kappa shape index (κ2) is 6.10. The summed E-state index contributed by atoms with van der Waals surface area (Å²) in [5.41, 5.74) is 4.83. The largest absolute Gasteiger partial charge is 0.325 e. The van der Waals surface area contributed by atoms with Gasteiger partial charge < -0.3 is 10.6 Å². The van der Waals surface area contributed by atoms with E-state index < -0.39 is 0 Å². The molecule has 0 heterocycles. The minimum absolute atomic E-state index is 0.0110. The zero-order valence-electron chi connectivity index (χ0n) is 12.2. The molecule has 3 nitrogen and oxygen atoms in total. The lowest BCUT2D eigenvalue weighted by molar-refractivity contribution is -0.115. The predicted molar refractivity (Wildman–Crippen MR) is 85.6 cm³/mol. The van der Waals surface area contributed by atoms with Crippen LogP contribution < -0.4 is 10.6 Å². The van der Waals surface area contributed by atoms with Gasteiger partial charge in [-0.3, -0.25) is 4.79 Å². The SMILES string of the molecule is Cc1ccccc1NC(=O)CNCC1Cc2ccccc21. The highest BCUT2D eigenvalue weighted by atomic mass is 16.1. The van der Waals surface area contributed by atoms with Crippen molar-refractivity contribution in [3.8, 4) is 0 Å². The molecular weight excluding hydrogens is 260 g/mol. The van der Waals surface area contributed by atoms with Gasteiger partial charge in [0, 0.05) is 18.2 Å². The summed E-state index contributed by atoms with van der Waals surface area (Å²) in [5.74, 6) is 0.560. The summed E-state index contributed by atoms with van der Waals surface area (Å²) < 4.78 is 0. The van der Waals surface area contributed by atoms with Crippen LogP contribution in [0, 0.1) is 6.92 Å². The van der Waals surface area contributed by atoms with Gasteiger partial charge in [-0.1, -0.05) is 42.5 Å². The smallest absolute Gasteiger partial charge is 0.238 e. The summed E-state index contributed by atoms with van der Waals surface area (Å²) in [7, 11) is 0. The third kappa shape index (κ3) is 3.14. The third-order valence-electron chi connectivity index (χ3n) is 4.06. The van der Waals surface area contributed by atoms with E-state index in [4.69, 9.17) is 0 Å². The lowest BCUT2D eigenvalue weighted by atomic mass is 9.78. The molecule has 0 radical (unpaired) electrons. The van der Waals surface area contributed by atoms with Crippen molar-refractivity contribution in [3.05, 3.63) is 65.2 Å². The van der Waals surface area contributed by atoms with Gasteiger partial charge in [0.05, 0.1) is 6.54 Å². The van der Waals surface area contributed by atoms with E-state index in [-0.39, 0.29) is 5.91 Å². The number of hydrogen-bond acceptors (Lipinski definition) is 2. The molecule has 0 aromatic heterocycles. The average Bonchev–Trinajstić information content (AvgIpc) is 2.46. The normalized spacial score (nSPS) is 16.0. The third-order valence-corrected chi connectivity index (χ3v) is 4.06. The molecular formula is C18H20N2O. The zero-order chi connectivity index (χ0) is 14.7. The van der Waals surface area contributed by atoms with Gasteiger partial charge in [-0.05, 0) is 36.1 Å². The molecule has 108 valence electrons. The second-order valence-corrected chi connectivity index (χ2v) is 5.59. The van der Waals surface area contributed by atoms with Crippen LogP contribution in [0.2, 0.25) is 0 Å². The first-order valence-electron chi connectivity index (χ1n) is 7.38. The highest BCUT2D eigenvalue weighted by molar-refractivity contribution is 5.92. The van der Waals surface area contributed by atoms with Gasteiger partial charge in [-0.2, -0.15) is 0 Å². The van der Waals surface area contributed by atoms with Gasteiger partial charge in [0.15, 0.2) is 0 Å². The number of nitrogens with one attached hydrogen (secondary N) is 2. The number of hydrogen-bond donors (Lipinski definition) is 2. The number of carbonyl (C=O) groups is 1. The van der Waals surface area contributed by atoms with Crippen LogP contribution in [0.25, 0.3) is 0 Å². The molecule has 2 N–H and O–H groups in total. The van der Waals surface area contributed by atoms with Crippen LogP contribution in [0.3, 0.4) is 0 Å². The zero-order valence-corrected chi connectivity index (χ0v) is 12.2. The highest BCUT2D eigenvalue weighted by Gasteiger charge is 2.24. The Morgan fingerprint density at radius 3 is 2.71 bits per heavy atom. The quantitative estimate of drug-likeness (QED) is 0.884. The van der Waals surface area contributed by atoms with E-state index in [0.29, 0.717) is 12.5 Å². The lowest BCUT2D eigenvalue weighted by Gasteiger charge is -2.30. The number of rotatable bonds is 5. The van der Waals surface area contributed by atoms with E-state index in [1.54, 1.807) is 0 Å². The molecule has 0 fully saturated rings. The number of fused-ring (bicyclic) bond motifs is 1. The maximum absolute atomic E-state index is 11.9. The van der Waals surface area contributed by atoms with Crippen molar-refractivity contribution >= 4 is 11.6 Å². The van der Waals surface area contributed by atoms with E-state index in [9.17, 15) is 4.79 Å². The van der Waals surface area contributed by atoms with Crippen LogP contribution in [0.1, 0.15) is 22.6 Å². The van der Waals surface area contributed by atoms with Crippen molar-refractivity contribution in [2.45, 2.75) is 19.3 Å². The van der Waals surface area contributed by atoms with Crippen LogP contribution in [0.5, 0.6) is 0 Å². The fourth-order valence-corrected chi connectivity index (χ4v) is 2.81. The molecule has 0 aliphatic heterocycles. The van der Waals surface area contributed by atoms with Gasteiger partial charge in [0.25, 0.3) is 0 Å². The minimum Gasteiger partial charge on any atom is -0.325 e. The van der Waals surface area contributed by atoms with Gasteiger partial charge in [-0.25, -0.2) is 0 Å². The van der Waals surface area contributed by atoms with Crippen molar-refractivity contribution in [2.24, 2.45) is 0 Å². The van der Waals surface area contributed by atoms with Crippen molar-refractivity contribution < 1.29 is 4.79 Å². The minimum atomic E-state index is 0.0110. The molecule has 1 amide bonds. The average molecular weight is 280 g/mol. The predicted octanol–water partition coefficient (Wildman–Crippen LogP) is 2.86. The fourth-order valence-electron chi connectivity index (χ4n) is 2.81. The Kier molecular flexibility index (Phi) is 4.02. The van der Waals surface area contributed by atoms with Crippen molar-refractivity contribution in [1.29, 1.82) is 0 Å². The summed E-state index contributed by atoms with van der Waals surface area (Å²) in [6, 6.07) is 16.3. The number of carbonyl (C=O) groups excluding carboxylic acids is 1. The standard InChI is InChI=1S/C18H20N2O/c1-13-6-2-5-9-17(13)20-18(21)12-19-11-15-10-14-7-3-4-8-16(14)15/h2-9,15,19H,10-12H2,1H3,(H,20,21). The molecule has 0 saturated carbocycles. The van der Waals surface area contributed by atoms with Crippen LogP contribution in [0.15, 0.2) is 48.5 Å². The molecule has 0 saturated heterocycles. The molecule has 0 spiro atoms. The Bertz CT molecular complexity index is 651. The highest BCUT2D eigenvalue weighted by Crippen LogP contribution is 2.33. The van der Waals surface area contributed by atoms with E-state index in [1.165, 1.54) is 11.1 Å². The van der Waals surface area contributed by atoms with Crippen molar-refractivity contribution in [1.82, 2.24) is 5.32 Å². The molecule has 2 aromatic rings. The lowest BCUT2D eigenvalue weighted by Crippen LogP contribution is -2.34. The monoisotopic (exact) mass is 280 g/mol. The molecule has 21 heavy (non-hydrogen) atoms. The van der Waals surface area contributed by atoms with Crippen LogP contribution in [-0.4, -0.2) is 19.0 Å². The molecule has 3 rings (SSSR count). The van der Waals surface area contributed by atoms with Crippen LogP contribution >= 0.6 is 0 Å². The Labute approximate surface area is 125 Å². The Morgan fingerprint density at radius 1 is 1.14 bits per heavy atom. The first kappa shape index (κ1) is 13.8. The Hall–Kier alpha value is -2.13. The van der Waals surface area contributed by atoms with Crippen LogP contribution in [0.4, 0.5) is 5.69 Å². The topological polar surface area (TPSA) is 41.1 Å². The summed E-state index contributed by atoms with van der Waals surface area (Å²) in [6.07, 6.45) is 1.11. The van der Waals surface area contributed by atoms with E-state index >= 15 is 0 Å². The number of anilines is 1. The maximum atomic E-state index is 11.9. The van der Waals surface area contributed by atoms with Crippen molar-refractivity contribution in [3.63, 3.8) is 0 Å². The van der Waals surface area contributed by atoms with E-state index in [0.717, 1.165) is 24.2 Å². The van der Waals surface area contributed by atoms with Crippen molar-refractivity contribution in [2.75, 3.05) is 18.4 Å². The molecule has 1 unspecified atom stereocenters. The first-order valence-corrected chi connectivity index (χ1v) is 7.38. The Balaban J connectivity index is 1.44. The maximum Gasteiger partial charge on any atom is 0.238 e. The molecule has 2 aromatic carbocycles. The van der Waals surface area contributed by atoms with E-state index in [1.807, 2.05) is 31.2 Å². The molecule has 1 aliphatic carbocycles. The number of para-hydroxylation sites is 1. The Morgan fingerprint density at radius 2 is 1.90 bits per heavy atom. The molecule has 0 bridgehead atoms. The first-order chi connectivity index (χ1) is 10.2. The number of aryl methyl sites for hydroxylation is 1. The summed E-state index contributed by atoms with van der Waals surface area (Å²) >= 11 is 0. The van der Waals surface area contributed by atoms with Gasteiger partial charge in [0.1, 0.15) is 0 Å². The second-order valence-electron chi connectivity index (χ2n) is 5.59. The van der Waals surface area contributed by atoms with E-state index in [2.05, 4.69) is 34.9 Å². The van der Waals surface area contributed by atoms with Gasteiger partial charge in [-0.15, -0.1) is 0 Å². The molecule has 1 atom stereocenters. The summed E-state index contributed by atoms with van der Waals surface area (Å²) in [5, 5.41) is 6.19. The number of benzene rings is 2. The van der Waals surface area contributed by atoms with Crippen LogP contribution in [-0.2, 0) is 11.2 Å². The summed E-state index contributed by atoms with van der Waals surface area (Å²) in [6.45, 7) is 3.21.